The van der Waals surface area contributed by atoms with E-state index in [-0.39, 0.29) is 22.5 Å². The van der Waals surface area contributed by atoms with Crippen molar-refractivity contribution in [1.82, 2.24) is 4.90 Å². The normalized spacial score (nSPS) is 17.6. The molecule has 1 aliphatic rings. The van der Waals surface area contributed by atoms with E-state index in [0.29, 0.717) is 5.56 Å². The number of rotatable bonds is 3. The number of sulfonamides is 1. The van der Waals surface area contributed by atoms with E-state index >= 15 is 0 Å². The van der Waals surface area contributed by atoms with E-state index in [1.54, 1.807) is 18.0 Å². The predicted molar refractivity (Wildman–Crippen MR) is 74.3 cm³/mol. The molecule has 0 spiro atoms. The molecule has 0 aromatic heterocycles. The standard InChI is InChI=1S/C13H17FN2O3S/c1-8(2)16(4)13-12-10(19-9(3)14)6-5-7-11(12)20(17,18)15-13/h5-9H,1-4H3. The van der Waals surface area contributed by atoms with Crippen molar-refractivity contribution in [3.05, 3.63) is 23.8 Å². The quantitative estimate of drug-likeness (QED) is 0.858. The van der Waals surface area contributed by atoms with Crippen molar-refractivity contribution in [2.75, 3.05) is 7.05 Å². The Labute approximate surface area is 118 Å². The lowest BCUT2D eigenvalue weighted by molar-refractivity contribution is 0.0854. The number of hydrogen-bond acceptors (Lipinski definition) is 4. The number of nitrogens with zero attached hydrogens (tertiary/aromatic N) is 2. The number of ether oxygens (including phenoxy) is 1. The molecule has 2 rings (SSSR count). The fraction of sp³-hybridized carbons (Fsp3) is 0.462. The first-order valence-corrected chi connectivity index (χ1v) is 7.70. The summed E-state index contributed by atoms with van der Waals surface area (Å²) < 4.78 is 46.1. The summed E-state index contributed by atoms with van der Waals surface area (Å²) in [5.41, 5.74) is 0.327. The van der Waals surface area contributed by atoms with E-state index in [9.17, 15) is 12.8 Å². The number of halogens is 1. The van der Waals surface area contributed by atoms with Gasteiger partial charge in [-0.3, -0.25) is 0 Å². The van der Waals surface area contributed by atoms with Crippen molar-refractivity contribution in [2.45, 2.75) is 38.1 Å². The van der Waals surface area contributed by atoms with Crippen molar-refractivity contribution in [2.24, 2.45) is 4.40 Å². The van der Waals surface area contributed by atoms with E-state index < -0.39 is 16.4 Å². The SMILES string of the molecule is CC(F)Oc1cccc2c1C(N(C)C(C)C)=NS2(=O)=O. The number of benzene rings is 1. The van der Waals surface area contributed by atoms with Crippen LogP contribution in [-0.4, -0.2) is 38.6 Å². The second kappa shape index (κ2) is 5.05. The zero-order valence-corrected chi connectivity index (χ0v) is 12.6. The van der Waals surface area contributed by atoms with E-state index in [4.69, 9.17) is 4.74 Å². The summed E-state index contributed by atoms with van der Waals surface area (Å²) in [6.07, 6.45) is -1.53. The third kappa shape index (κ3) is 2.49. The summed E-state index contributed by atoms with van der Waals surface area (Å²) in [7, 11) is -2.01. The summed E-state index contributed by atoms with van der Waals surface area (Å²) in [6, 6.07) is 4.55. The van der Waals surface area contributed by atoms with Crippen molar-refractivity contribution in [3.8, 4) is 5.75 Å². The lowest BCUT2D eigenvalue weighted by atomic mass is 10.1. The topological polar surface area (TPSA) is 59.0 Å². The molecular weight excluding hydrogens is 283 g/mol. The van der Waals surface area contributed by atoms with Crippen LogP contribution in [0.15, 0.2) is 27.5 Å². The molecule has 7 heteroatoms. The minimum absolute atomic E-state index is 0.0470. The maximum Gasteiger partial charge on any atom is 0.285 e. The van der Waals surface area contributed by atoms with Gasteiger partial charge in [0.05, 0.1) is 5.56 Å². The maximum absolute atomic E-state index is 13.1. The van der Waals surface area contributed by atoms with Gasteiger partial charge >= 0.3 is 0 Å². The highest BCUT2D eigenvalue weighted by Crippen LogP contribution is 2.35. The van der Waals surface area contributed by atoms with E-state index in [1.165, 1.54) is 19.1 Å². The molecule has 0 saturated heterocycles. The Morgan fingerprint density at radius 1 is 1.30 bits per heavy atom. The summed E-state index contributed by atoms with van der Waals surface area (Å²) in [6.45, 7) is 5.06. The number of fused-ring (bicyclic) bond motifs is 1. The molecule has 0 N–H and O–H groups in total. The third-order valence-electron chi connectivity index (χ3n) is 3.09. The van der Waals surface area contributed by atoms with Crippen LogP contribution in [0.25, 0.3) is 0 Å². The lowest BCUT2D eigenvalue weighted by Gasteiger charge is -2.24. The van der Waals surface area contributed by atoms with E-state index in [1.807, 2.05) is 13.8 Å². The minimum Gasteiger partial charge on any atom is -0.460 e. The third-order valence-corrected chi connectivity index (χ3v) is 4.40. The molecule has 110 valence electrons. The predicted octanol–water partition coefficient (Wildman–Crippen LogP) is 2.17. The summed E-state index contributed by atoms with van der Waals surface area (Å²) in [4.78, 5) is 1.78. The first kappa shape index (κ1) is 14.8. The van der Waals surface area contributed by atoms with Gasteiger partial charge in [0.25, 0.3) is 10.0 Å². The van der Waals surface area contributed by atoms with Crippen molar-refractivity contribution < 1.29 is 17.5 Å². The highest BCUT2D eigenvalue weighted by atomic mass is 32.2. The van der Waals surface area contributed by atoms with Crippen LogP contribution in [0.3, 0.4) is 0 Å². The van der Waals surface area contributed by atoms with Gasteiger partial charge in [-0.1, -0.05) is 6.07 Å². The average molecular weight is 300 g/mol. The van der Waals surface area contributed by atoms with Crippen molar-refractivity contribution >= 4 is 15.9 Å². The van der Waals surface area contributed by atoms with Crippen LogP contribution in [0.5, 0.6) is 5.75 Å². The fourth-order valence-corrected chi connectivity index (χ4v) is 3.16. The Morgan fingerprint density at radius 3 is 2.50 bits per heavy atom. The second-order valence-corrected chi connectivity index (χ2v) is 6.46. The molecule has 5 nitrogen and oxygen atoms in total. The molecule has 1 atom stereocenters. The van der Waals surface area contributed by atoms with Gasteiger partial charge < -0.3 is 9.64 Å². The molecule has 1 heterocycles. The molecule has 20 heavy (non-hydrogen) atoms. The van der Waals surface area contributed by atoms with Gasteiger partial charge in [-0.2, -0.15) is 8.42 Å². The Morgan fingerprint density at radius 2 is 1.95 bits per heavy atom. The first-order chi connectivity index (χ1) is 9.24. The van der Waals surface area contributed by atoms with Gasteiger partial charge in [0.2, 0.25) is 6.36 Å². The summed E-state index contributed by atoms with van der Waals surface area (Å²) in [5.74, 6) is 0.469. The van der Waals surface area contributed by atoms with Crippen LogP contribution in [0.2, 0.25) is 0 Å². The molecule has 1 aromatic carbocycles. The lowest BCUT2D eigenvalue weighted by Crippen LogP contribution is -2.33. The van der Waals surface area contributed by atoms with Crippen LogP contribution < -0.4 is 4.74 Å². The summed E-state index contributed by atoms with van der Waals surface area (Å²) in [5, 5.41) is 0. The zero-order valence-electron chi connectivity index (χ0n) is 11.8. The Hall–Kier alpha value is -1.63. The Kier molecular flexibility index (Phi) is 3.73. The molecule has 1 aromatic rings. The van der Waals surface area contributed by atoms with Gasteiger partial charge in [-0.05, 0) is 26.0 Å². The van der Waals surface area contributed by atoms with E-state index in [0.717, 1.165) is 0 Å². The monoisotopic (exact) mass is 300 g/mol. The number of hydrogen-bond donors (Lipinski definition) is 0. The van der Waals surface area contributed by atoms with Crippen molar-refractivity contribution in [1.29, 1.82) is 0 Å². The maximum atomic E-state index is 13.1. The van der Waals surface area contributed by atoms with Gasteiger partial charge in [0, 0.05) is 20.0 Å². The average Bonchev–Trinajstić information content (AvgIpc) is 2.61. The molecule has 0 amide bonds. The van der Waals surface area contributed by atoms with Crippen LogP contribution in [0.1, 0.15) is 26.3 Å². The highest BCUT2D eigenvalue weighted by molar-refractivity contribution is 7.90. The smallest absolute Gasteiger partial charge is 0.285 e. The molecule has 0 fully saturated rings. The van der Waals surface area contributed by atoms with Gasteiger partial charge in [0.1, 0.15) is 10.6 Å². The van der Waals surface area contributed by atoms with Crippen LogP contribution in [0, 0.1) is 0 Å². The summed E-state index contributed by atoms with van der Waals surface area (Å²) >= 11 is 0. The highest BCUT2D eigenvalue weighted by Gasteiger charge is 2.34. The minimum atomic E-state index is -3.75. The Bertz CT molecular complexity index is 654. The van der Waals surface area contributed by atoms with Crippen LogP contribution in [0.4, 0.5) is 4.39 Å². The molecular formula is C13H17FN2O3S. The molecule has 0 bridgehead atoms. The van der Waals surface area contributed by atoms with Gasteiger partial charge in [-0.25, -0.2) is 4.39 Å². The molecule has 0 aliphatic carbocycles. The molecule has 1 aliphatic heterocycles. The number of amidine groups is 1. The number of alkyl halides is 1. The van der Waals surface area contributed by atoms with E-state index in [2.05, 4.69) is 4.40 Å². The van der Waals surface area contributed by atoms with Crippen LogP contribution >= 0.6 is 0 Å². The Balaban J connectivity index is 2.63. The first-order valence-electron chi connectivity index (χ1n) is 6.26. The second-order valence-electron chi connectivity index (χ2n) is 4.88. The fourth-order valence-electron chi connectivity index (χ4n) is 1.91. The molecule has 1 unspecified atom stereocenters. The zero-order chi connectivity index (χ0) is 15.1. The van der Waals surface area contributed by atoms with Crippen LogP contribution in [-0.2, 0) is 10.0 Å². The largest absolute Gasteiger partial charge is 0.460 e. The van der Waals surface area contributed by atoms with Gasteiger partial charge in [-0.15, -0.1) is 4.40 Å². The molecule has 0 radical (unpaired) electrons. The van der Waals surface area contributed by atoms with Gasteiger partial charge in [0.15, 0.2) is 5.84 Å². The molecule has 0 saturated carbocycles. The van der Waals surface area contributed by atoms with Crippen molar-refractivity contribution in [3.63, 3.8) is 0 Å².